The zero-order chi connectivity index (χ0) is 25.4. The van der Waals surface area contributed by atoms with E-state index < -0.39 is 17.8 Å². The SMILES string of the molecule is Cc1nc(N)cc(-c2c(Nc3ccn(C(=O)Nc4ccccc4C(F)(F)F)n3)nc3cccnn23)n1. The van der Waals surface area contributed by atoms with E-state index in [1.54, 1.807) is 35.8 Å². The van der Waals surface area contributed by atoms with E-state index in [1.807, 2.05) is 0 Å². The first-order valence-corrected chi connectivity index (χ1v) is 10.4. The number of hydrogen-bond acceptors (Lipinski definition) is 8. The Kier molecular flexibility index (Phi) is 5.47. The third kappa shape index (κ3) is 4.38. The zero-order valence-electron chi connectivity index (χ0n) is 18.5. The van der Waals surface area contributed by atoms with Crippen molar-refractivity contribution in [2.24, 2.45) is 0 Å². The number of rotatable bonds is 4. The Hall–Kier alpha value is -5.01. The number of aryl methyl sites for hydroxylation is 1. The number of nitrogens with zero attached hydrogens (tertiary/aromatic N) is 7. The predicted molar refractivity (Wildman–Crippen MR) is 125 cm³/mol. The summed E-state index contributed by atoms with van der Waals surface area (Å²) in [6.07, 6.45) is -1.75. The van der Waals surface area contributed by atoms with Crippen molar-refractivity contribution < 1.29 is 18.0 Å². The molecule has 0 saturated carbocycles. The van der Waals surface area contributed by atoms with Crippen LogP contribution in [-0.4, -0.2) is 40.4 Å². The summed E-state index contributed by atoms with van der Waals surface area (Å²) in [7, 11) is 0. The Labute approximate surface area is 200 Å². The van der Waals surface area contributed by atoms with Gasteiger partial charge in [0.05, 0.1) is 16.9 Å². The molecule has 0 unspecified atom stereocenters. The van der Waals surface area contributed by atoms with Gasteiger partial charge in [-0.05, 0) is 31.2 Å². The van der Waals surface area contributed by atoms with Gasteiger partial charge in [-0.3, -0.25) is 0 Å². The third-order valence-corrected chi connectivity index (χ3v) is 5.01. The fraction of sp³-hybridized carbons (Fsp3) is 0.0909. The standard InChI is InChI=1S/C22H17F3N10O/c1-12-28-15(11-16(26)29-12)19-20(32-18-7-4-9-27-35(18)19)31-17-8-10-34(33-17)21(36)30-14-6-3-2-5-13(14)22(23,24)25/h2-11H,1H3,(H,30,36)(H,31,33)(H2,26,28,29). The maximum absolute atomic E-state index is 13.2. The minimum atomic E-state index is -4.63. The lowest BCUT2D eigenvalue weighted by Gasteiger charge is -2.13. The number of aromatic nitrogens is 7. The Morgan fingerprint density at radius 2 is 1.86 bits per heavy atom. The second-order valence-electron chi connectivity index (χ2n) is 7.57. The molecule has 4 aromatic heterocycles. The maximum atomic E-state index is 13.2. The Balaban J connectivity index is 1.45. The molecule has 5 rings (SSSR count). The smallest absolute Gasteiger partial charge is 0.384 e. The molecule has 0 bridgehead atoms. The molecule has 0 saturated heterocycles. The summed E-state index contributed by atoms with van der Waals surface area (Å²) in [5.74, 6) is 1.23. The van der Waals surface area contributed by atoms with Gasteiger partial charge in [0.1, 0.15) is 17.3 Å². The maximum Gasteiger partial charge on any atom is 0.418 e. The molecule has 0 aliphatic rings. The van der Waals surface area contributed by atoms with E-state index in [0.29, 0.717) is 28.7 Å². The largest absolute Gasteiger partial charge is 0.418 e. The highest BCUT2D eigenvalue weighted by molar-refractivity contribution is 5.91. The minimum absolute atomic E-state index is 0.206. The predicted octanol–water partition coefficient (Wildman–Crippen LogP) is 4.12. The van der Waals surface area contributed by atoms with E-state index in [0.717, 1.165) is 16.8 Å². The number of imidazole rings is 1. The van der Waals surface area contributed by atoms with Crippen LogP contribution in [0.3, 0.4) is 0 Å². The second-order valence-corrected chi connectivity index (χ2v) is 7.57. The molecule has 14 heteroatoms. The average molecular weight is 494 g/mol. The number of nitrogen functional groups attached to an aromatic ring is 1. The van der Waals surface area contributed by atoms with E-state index in [1.165, 1.54) is 24.4 Å². The van der Waals surface area contributed by atoms with Crippen molar-refractivity contribution in [3.63, 3.8) is 0 Å². The van der Waals surface area contributed by atoms with Crippen LogP contribution in [0.25, 0.3) is 17.0 Å². The highest BCUT2D eigenvalue weighted by atomic mass is 19.4. The van der Waals surface area contributed by atoms with Gasteiger partial charge in [-0.2, -0.15) is 23.0 Å². The Morgan fingerprint density at radius 3 is 2.64 bits per heavy atom. The number of halogens is 3. The van der Waals surface area contributed by atoms with Gasteiger partial charge in [-0.25, -0.2) is 24.3 Å². The van der Waals surface area contributed by atoms with Crippen molar-refractivity contribution in [1.29, 1.82) is 0 Å². The van der Waals surface area contributed by atoms with Crippen LogP contribution in [0.1, 0.15) is 11.4 Å². The fourth-order valence-corrected chi connectivity index (χ4v) is 3.55. The lowest BCUT2D eigenvalue weighted by atomic mass is 10.1. The molecule has 182 valence electrons. The molecular formula is C22H17F3N10O. The molecule has 4 N–H and O–H groups in total. The van der Waals surface area contributed by atoms with Gasteiger partial charge in [0.25, 0.3) is 0 Å². The van der Waals surface area contributed by atoms with Gasteiger partial charge in [0, 0.05) is 24.5 Å². The summed E-state index contributed by atoms with van der Waals surface area (Å²) in [6, 6.07) is 10.3. The first-order valence-electron chi connectivity index (χ1n) is 10.4. The normalized spacial score (nSPS) is 11.6. The van der Waals surface area contributed by atoms with Crippen LogP contribution >= 0.6 is 0 Å². The molecule has 0 aliphatic carbocycles. The molecular weight excluding hydrogens is 477 g/mol. The van der Waals surface area contributed by atoms with Gasteiger partial charge >= 0.3 is 12.2 Å². The Bertz CT molecular complexity index is 1570. The Morgan fingerprint density at radius 1 is 1.06 bits per heavy atom. The van der Waals surface area contributed by atoms with E-state index in [4.69, 9.17) is 5.73 Å². The lowest BCUT2D eigenvalue weighted by Crippen LogP contribution is -2.22. The van der Waals surface area contributed by atoms with E-state index >= 15 is 0 Å². The van der Waals surface area contributed by atoms with Crippen LogP contribution in [0.15, 0.2) is 60.9 Å². The highest BCUT2D eigenvalue weighted by Gasteiger charge is 2.33. The first kappa shape index (κ1) is 22.8. The number of fused-ring (bicyclic) bond motifs is 1. The van der Waals surface area contributed by atoms with Crippen LogP contribution in [-0.2, 0) is 6.18 Å². The van der Waals surface area contributed by atoms with Crippen molar-refractivity contribution in [2.45, 2.75) is 13.1 Å². The van der Waals surface area contributed by atoms with E-state index in [2.05, 4.69) is 35.8 Å². The molecule has 4 heterocycles. The van der Waals surface area contributed by atoms with Crippen molar-refractivity contribution in [3.8, 4) is 11.4 Å². The van der Waals surface area contributed by atoms with Gasteiger partial charge in [0.2, 0.25) is 0 Å². The second kappa shape index (κ2) is 8.65. The van der Waals surface area contributed by atoms with Crippen LogP contribution in [0, 0.1) is 6.92 Å². The topological polar surface area (TPSA) is 141 Å². The number of anilines is 4. The monoisotopic (exact) mass is 494 g/mol. The molecule has 0 fully saturated rings. The highest BCUT2D eigenvalue weighted by Crippen LogP contribution is 2.34. The number of carbonyl (C=O) groups is 1. The number of hydrogen-bond donors (Lipinski definition) is 3. The summed E-state index contributed by atoms with van der Waals surface area (Å²) < 4.78 is 42.2. The molecule has 1 amide bonds. The summed E-state index contributed by atoms with van der Waals surface area (Å²) >= 11 is 0. The van der Waals surface area contributed by atoms with Gasteiger partial charge in [-0.1, -0.05) is 12.1 Å². The van der Waals surface area contributed by atoms with Crippen LogP contribution in [0.5, 0.6) is 0 Å². The lowest BCUT2D eigenvalue weighted by molar-refractivity contribution is -0.136. The van der Waals surface area contributed by atoms with Crippen LogP contribution in [0.4, 0.5) is 41.1 Å². The van der Waals surface area contributed by atoms with Gasteiger partial charge in [-0.15, -0.1) is 5.10 Å². The van der Waals surface area contributed by atoms with E-state index in [-0.39, 0.29) is 17.3 Å². The molecule has 36 heavy (non-hydrogen) atoms. The van der Waals surface area contributed by atoms with Crippen molar-refractivity contribution in [3.05, 3.63) is 72.3 Å². The van der Waals surface area contributed by atoms with Crippen molar-refractivity contribution in [1.82, 2.24) is 34.3 Å². The summed E-state index contributed by atoms with van der Waals surface area (Å²) in [5, 5.41) is 13.7. The van der Waals surface area contributed by atoms with Crippen LogP contribution in [0.2, 0.25) is 0 Å². The molecule has 0 radical (unpaired) electrons. The summed E-state index contributed by atoms with van der Waals surface area (Å²) in [4.78, 5) is 25.6. The van der Waals surface area contributed by atoms with E-state index in [9.17, 15) is 18.0 Å². The number of nitrogens with two attached hydrogens (primary N) is 1. The summed E-state index contributed by atoms with van der Waals surface area (Å²) in [6.45, 7) is 1.70. The molecule has 11 nitrogen and oxygen atoms in total. The average Bonchev–Trinajstić information content (AvgIpc) is 3.42. The fourth-order valence-electron chi connectivity index (χ4n) is 3.55. The summed E-state index contributed by atoms with van der Waals surface area (Å²) in [5.41, 5.74) is 5.98. The first-order chi connectivity index (χ1) is 17.2. The number of benzene rings is 1. The molecule has 1 aromatic carbocycles. The van der Waals surface area contributed by atoms with Crippen molar-refractivity contribution >= 4 is 34.8 Å². The molecule has 0 atom stereocenters. The molecule has 0 aliphatic heterocycles. The minimum Gasteiger partial charge on any atom is -0.384 e. The van der Waals surface area contributed by atoms with Crippen molar-refractivity contribution in [2.75, 3.05) is 16.4 Å². The van der Waals surface area contributed by atoms with Gasteiger partial charge in [0.15, 0.2) is 17.3 Å². The number of amides is 1. The van der Waals surface area contributed by atoms with Gasteiger partial charge < -0.3 is 16.4 Å². The van der Waals surface area contributed by atoms with Crippen LogP contribution < -0.4 is 16.4 Å². The number of para-hydroxylation sites is 1. The third-order valence-electron chi connectivity index (χ3n) is 5.01. The number of alkyl halides is 3. The number of nitrogens with one attached hydrogen (secondary N) is 2. The molecule has 5 aromatic rings. The molecule has 0 spiro atoms. The zero-order valence-corrected chi connectivity index (χ0v) is 18.5. The number of carbonyl (C=O) groups excluding carboxylic acids is 1. The quantitative estimate of drug-likeness (QED) is 0.339.